The van der Waals surface area contributed by atoms with Crippen LogP contribution in [-0.2, 0) is 0 Å². The number of thiol groups is 1. The van der Waals surface area contributed by atoms with Gasteiger partial charge in [0.25, 0.3) is 0 Å². The number of halogens is 2. The summed E-state index contributed by atoms with van der Waals surface area (Å²) in [6.07, 6.45) is 3.57. The topological polar surface area (TPSA) is 97.4 Å². The first kappa shape index (κ1) is 20.8. The molecule has 2 N–H and O–H groups in total. The van der Waals surface area contributed by atoms with E-state index < -0.39 is 5.97 Å². The van der Waals surface area contributed by atoms with Crippen LogP contribution in [0.3, 0.4) is 0 Å². The molecule has 0 aliphatic carbocycles. The van der Waals surface area contributed by atoms with E-state index in [1.54, 1.807) is 45.6 Å². The maximum atomic E-state index is 11.5. The number of hydrogen-bond donors (Lipinski definition) is 3. The zero-order valence-corrected chi connectivity index (χ0v) is 17.2. The highest BCUT2D eigenvalue weighted by molar-refractivity contribution is 7.74. The Labute approximate surface area is 179 Å². The van der Waals surface area contributed by atoms with Crippen molar-refractivity contribution in [1.82, 2.24) is 24.1 Å². The highest BCUT2D eigenvalue weighted by Crippen LogP contribution is 2.26. The molecular formula is C17H13ClFN5O3S2. The van der Waals surface area contributed by atoms with Crippen molar-refractivity contribution in [3.63, 3.8) is 0 Å². The van der Waals surface area contributed by atoms with Crippen LogP contribution in [0.15, 0.2) is 42.7 Å². The molecule has 0 aliphatic heterocycles. The van der Waals surface area contributed by atoms with Gasteiger partial charge in [0, 0.05) is 36.5 Å². The number of aromatic amines is 1. The summed E-state index contributed by atoms with van der Waals surface area (Å²) < 4.78 is 18.0. The van der Waals surface area contributed by atoms with E-state index in [1.807, 2.05) is 13.0 Å². The lowest BCUT2D eigenvalue weighted by molar-refractivity contribution is 0.0693. The zero-order valence-electron chi connectivity index (χ0n) is 14.7. The summed E-state index contributed by atoms with van der Waals surface area (Å²) in [4.78, 5) is 16.0. The molecule has 0 unspecified atom stereocenters. The molecule has 0 saturated carbocycles. The fourth-order valence-corrected chi connectivity index (χ4v) is 3.17. The molecule has 3 aromatic heterocycles. The minimum absolute atomic E-state index is 0.0193. The number of hydrogen-bond acceptors (Lipinski definition) is 6. The molecule has 0 amide bonds. The quantitative estimate of drug-likeness (QED) is 0.313. The van der Waals surface area contributed by atoms with Gasteiger partial charge in [0.05, 0.1) is 12.8 Å². The first-order valence-corrected chi connectivity index (χ1v) is 9.01. The summed E-state index contributed by atoms with van der Waals surface area (Å²) in [5.41, 5.74) is 1.75. The van der Waals surface area contributed by atoms with Crippen molar-refractivity contribution in [2.45, 2.75) is 0 Å². The Hall–Kier alpha value is -2.89. The van der Waals surface area contributed by atoms with Crippen LogP contribution < -0.4 is 4.74 Å². The monoisotopic (exact) mass is 453 g/mol. The molecule has 0 radical (unpaired) electrons. The van der Waals surface area contributed by atoms with E-state index in [1.165, 1.54) is 13.2 Å². The number of rotatable bonds is 4. The molecule has 0 spiro atoms. The Balaban J connectivity index is 0.00000117. The van der Waals surface area contributed by atoms with Gasteiger partial charge >= 0.3 is 5.97 Å². The van der Waals surface area contributed by atoms with Crippen molar-refractivity contribution >= 4 is 48.5 Å². The van der Waals surface area contributed by atoms with Gasteiger partial charge in [-0.3, -0.25) is 9.67 Å². The SMILES string of the molecule is COc1ccc(-n2c(-c3cn4ccc(Cl)cc4n3)n[nH]c2=S)cc1C(=O)O.FS. The average Bonchev–Trinajstić information content (AvgIpc) is 3.31. The molecule has 3 heterocycles. The molecule has 29 heavy (non-hydrogen) atoms. The molecular weight excluding hydrogens is 441 g/mol. The summed E-state index contributed by atoms with van der Waals surface area (Å²) in [6, 6.07) is 8.22. The third-order valence-electron chi connectivity index (χ3n) is 4.00. The minimum atomic E-state index is -1.10. The fraction of sp³-hybridized carbons (Fsp3) is 0.0588. The van der Waals surface area contributed by atoms with Gasteiger partial charge in [-0.05, 0) is 36.5 Å². The molecule has 0 saturated heterocycles. The van der Waals surface area contributed by atoms with Crippen LogP contribution in [0.1, 0.15) is 10.4 Å². The highest BCUT2D eigenvalue weighted by Gasteiger charge is 2.18. The minimum Gasteiger partial charge on any atom is -0.496 e. The molecule has 8 nitrogen and oxygen atoms in total. The van der Waals surface area contributed by atoms with E-state index in [2.05, 4.69) is 15.2 Å². The smallest absolute Gasteiger partial charge is 0.339 e. The van der Waals surface area contributed by atoms with Crippen LogP contribution >= 0.6 is 36.8 Å². The van der Waals surface area contributed by atoms with Crippen molar-refractivity contribution < 1.29 is 18.5 Å². The molecule has 4 aromatic rings. The third-order valence-corrected chi connectivity index (χ3v) is 4.50. The lowest BCUT2D eigenvalue weighted by atomic mass is 10.1. The Bertz CT molecular complexity index is 1250. The number of aromatic nitrogens is 5. The summed E-state index contributed by atoms with van der Waals surface area (Å²) >= 11 is 13.4. The normalized spacial score (nSPS) is 10.5. The third kappa shape index (κ3) is 3.97. The number of imidazole rings is 1. The highest BCUT2D eigenvalue weighted by atomic mass is 35.5. The second-order valence-electron chi connectivity index (χ2n) is 5.61. The first-order chi connectivity index (χ1) is 14.0. The van der Waals surface area contributed by atoms with Crippen molar-refractivity contribution in [3.8, 4) is 23.0 Å². The lowest BCUT2D eigenvalue weighted by Gasteiger charge is -2.09. The number of methoxy groups -OCH3 is 1. The number of ether oxygens (including phenoxy) is 1. The van der Waals surface area contributed by atoms with E-state index in [0.717, 1.165) is 0 Å². The van der Waals surface area contributed by atoms with E-state index in [9.17, 15) is 13.8 Å². The largest absolute Gasteiger partial charge is 0.496 e. The molecule has 1 aromatic carbocycles. The van der Waals surface area contributed by atoms with Crippen molar-refractivity contribution in [1.29, 1.82) is 0 Å². The van der Waals surface area contributed by atoms with Gasteiger partial charge in [-0.15, -0.1) is 0 Å². The second-order valence-corrected chi connectivity index (χ2v) is 6.44. The molecule has 0 atom stereocenters. The van der Waals surface area contributed by atoms with Gasteiger partial charge in [0.1, 0.15) is 22.7 Å². The molecule has 12 heteroatoms. The summed E-state index contributed by atoms with van der Waals surface area (Å²) in [5, 5.41) is 17.0. The van der Waals surface area contributed by atoms with Gasteiger partial charge < -0.3 is 14.2 Å². The molecule has 0 fully saturated rings. The Morgan fingerprint density at radius 1 is 1.34 bits per heavy atom. The number of nitrogens with zero attached hydrogens (tertiary/aromatic N) is 4. The molecule has 0 aliphatic rings. The van der Waals surface area contributed by atoms with Crippen LogP contribution in [0.4, 0.5) is 3.89 Å². The van der Waals surface area contributed by atoms with Gasteiger partial charge in [0.15, 0.2) is 10.6 Å². The van der Waals surface area contributed by atoms with E-state index >= 15 is 0 Å². The maximum absolute atomic E-state index is 11.5. The zero-order chi connectivity index (χ0) is 21.1. The molecule has 4 rings (SSSR count). The van der Waals surface area contributed by atoms with Gasteiger partial charge in [0.2, 0.25) is 0 Å². The Morgan fingerprint density at radius 2 is 2.10 bits per heavy atom. The number of fused-ring (bicyclic) bond motifs is 1. The lowest BCUT2D eigenvalue weighted by Crippen LogP contribution is -2.04. The number of nitrogens with one attached hydrogen (secondary N) is 1. The van der Waals surface area contributed by atoms with Crippen molar-refractivity contribution in [2.24, 2.45) is 0 Å². The van der Waals surface area contributed by atoms with Crippen molar-refractivity contribution in [3.05, 3.63) is 58.1 Å². The van der Waals surface area contributed by atoms with Crippen LogP contribution in [0.25, 0.3) is 22.9 Å². The van der Waals surface area contributed by atoms with Crippen LogP contribution in [-0.4, -0.2) is 42.3 Å². The number of carboxylic acid groups (broad SMARTS) is 1. The summed E-state index contributed by atoms with van der Waals surface area (Å²) in [6.45, 7) is 0. The van der Waals surface area contributed by atoms with E-state index in [0.29, 0.717) is 32.6 Å². The second kappa shape index (κ2) is 8.64. The average molecular weight is 454 g/mol. The first-order valence-electron chi connectivity index (χ1n) is 7.88. The van der Waals surface area contributed by atoms with Crippen LogP contribution in [0.5, 0.6) is 5.75 Å². The summed E-state index contributed by atoms with van der Waals surface area (Å²) in [5.74, 6) is -0.404. The van der Waals surface area contributed by atoms with E-state index in [4.69, 9.17) is 28.6 Å². The number of pyridine rings is 1. The van der Waals surface area contributed by atoms with Gasteiger partial charge in [-0.25, -0.2) is 9.78 Å². The molecule has 0 bridgehead atoms. The van der Waals surface area contributed by atoms with Crippen LogP contribution in [0, 0.1) is 4.77 Å². The Morgan fingerprint density at radius 3 is 2.79 bits per heavy atom. The number of benzene rings is 1. The number of aromatic carboxylic acids is 1. The number of carbonyl (C=O) groups is 1. The molecule has 150 valence electrons. The number of H-pyrrole nitrogens is 1. The van der Waals surface area contributed by atoms with Crippen molar-refractivity contribution in [2.75, 3.05) is 7.11 Å². The van der Waals surface area contributed by atoms with Crippen LogP contribution in [0.2, 0.25) is 5.02 Å². The standard InChI is InChI=1S/C17H12ClN5O3S.FHS/c1-26-13-3-2-10(7-11(13)16(24)25)23-15(20-21-17(23)27)12-8-22-5-4-9(18)6-14(22)19-12;1-2/h2-8H,1H3,(H,21,27)(H,24,25);2H. The van der Waals surface area contributed by atoms with E-state index in [-0.39, 0.29) is 11.3 Å². The summed E-state index contributed by atoms with van der Waals surface area (Å²) in [7, 11) is 1.41. The van der Waals surface area contributed by atoms with Gasteiger partial charge in [-0.2, -0.15) is 8.98 Å². The number of carboxylic acids is 1. The predicted molar refractivity (Wildman–Crippen MR) is 112 cm³/mol. The maximum Gasteiger partial charge on any atom is 0.339 e. The Kier molecular flexibility index (Phi) is 6.20. The predicted octanol–water partition coefficient (Wildman–Crippen LogP) is 4.41. The van der Waals surface area contributed by atoms with Gasteiger partial charge in [-0.1, -0.05) is 11.6 Å². The fourth-order valence-electron chi connectivity index (χ4n) is 2.78.